The van der Waals surface area contributed by atoms with E-state index in [0.717, 1.165) is 35.2 Å². The lowest BCUT2D eigenvalue weighted by Crippen LogP contribution is -2.37. The fourth-order valence-electron chi connectivity index (χ4n) is 1.54. The van der Waals surface area contributed by atoms with E-state index in [1.165, 1.54) is 0 Å². The number of ether oxygens (including phenoxy) is 1. The van der Waals surface area contributed by atoms with Crippen LogP contribution >= 0.6 is 7.77 Å². The number of carboxylic acid groups (broad SMARTS) is 1. The van der Waals surface area contributed by atoms with E-state index in [-0.39, 0.29) is 6.61 Å². The summed E-state index contributed by atoms with van der Waals surface area (Å²) in [6.45, 7) is 2.78. The molecule has 0 spiro atoms. The van der Waals surface area contributed by atoms with Gasteiger partial charge in [-0.05, 0) is 12.5 Å². The molecule has 0 saturated carbocycles. The van der Waals surface area contributed by atoms with E-state index in [0.29, 0.717) is 18.7 Å². The van der Waals surface area contributed by atoms with Gasteiger partial charge in [0, 0.05) is 12.5 Å². The first kappa shape index (κ1) is 20.8. The van der Waals surface area contributed by atoms with Crippen molar-refractivity contribution in [3.05, 3.63) is 12.2 Å². The summed E-state index contributed by atoms with van der Waals surface area (Å²) in [6, 6.07) is 0. The van der Waals surface area contributed by atoms with Crippen LogP contribution in [0.1, 0.15) is 26.2 Å². The summed E-state index contributed by atoms with van der Waals surface area (Å²) in [5.41, 5.74) is 0. The first-order chi connectivity index (χ1) is 10.2. The number of nitrogens with zero attached hydrogens (tertiary/aromatic N) is 1. The minimum absolute atomic E-state index is 0.0252. The highest BCUT2D eigenvalue weighted by Gasteiger charge is 2.16. The predicted molar refractivity (Wildman–Crippen MR) is 84.3 cm³/mol. The molecule has 0 rings (SSSR count). The van der Waals surface area contributed by atoms with Gasteiger partial charge in [0.2, 0.25) is 0 Å². The Kier molecular flexibility index (Phi) is 9.90. The van der Waals surface area contributed by atoms with Crippen LogP contribution in [-0.4, -0.2) is 62.2 Å². The van der Waals surface area contributed by atoms with Gasteiger partial charge in [0.15, 0.2) is 12.8 Å². The Hall–Kier alpha value is -1.23. The average Bonchev–Trinajstić information content (AvgIpc) is 2.41. The maximum atomic E-state index is 12.4. The minimum atomic E-state index is -1.55. The molecule has 7 heteroatoms. The monoisotopic (exact) mass is 331 g/mol. The summed E-state index contributed by atoms with van der Waals surface area (Å²) in [4.78, 5) is 33.9. The molecule has 0 saturated heterocycles. The molecular weight excluding hydrogens is 305 g/mol. The third-order valence-corrected chi connectivity index (χ3v) is 4.55. The van der Waals surface area contributed by atoms with Crippen LogP contribution in [-0.2, 0) is 14.3 Å². The lowest BCUT2D eigenvalue weighted by Gasteiger charge is -2.22. The summed E-state index contributed by atoms with van der Waals surface area (Å²) in [7, 11) is 4.53. The number of carbonyl (C=O) groups excluding carboxylic acids is 2. The van der Waals surface area contributed by atoms with E-state index in [4.69, 9.17) is 4.74 Å². The molecule has 22 heavy (non-hydrogen) atoms. The van der Waals surface area contributed by atoms with Crippen molar-refractivity contribution in [3.63, 3.8) is 0 Å². The Balaban J connectivity index is 4.68. The highest BCUT2D eigenvalue weighted by atomic mass is 31.1. The van der Waals surface area contributed by atoms with Crippen LogP contribution in [0.15, 0.2) is 12.2 Å². The molecule has 0 radical (unpaired) electrons. The fourth-order valence-corrected chi connectivity index (χ4v) is 3.25. The zero-order valence-electron chi connectivity index (χ0n) is 13.8. The standard InChI is InChI=1S/C15H26NO5P/c1-5-6-7-13(22(20)11-10-16(2,3)4)12-21-15(19)9-8-14(17)18/h8-9H,5-7,10-12H2,1-4H3/b9-8-. The van der Waals surface area contributed by atoms with Crippen LogP contribution in [0.2, 0.25) is 0 Å². The minimum Gasteiger partial charge on any atom is -0.630 e. The lowest BCUT2D eigenvalue weighted by atomic mass is 10.2. The van der Waals surface area contributed by atoms with Gasteiger partial charge < -0.3 is 24.0 Å². The summed E-state index contributed by atoms with van der Waals surface area (Å²) in [6.07, 6.45) is 4.45. The average molecular weight is 331 g/mol. The van der Waals surface area contributed by atoms with Crippen molar-refractivity contribution in [2.75, 3.05) is 40.5 Å². The molecule has 0 aromatic heterocycles. The molecular formula is C15H26NO5P. The van der Waals surface area contributed by atoms with Crippen LogP contribution in [0.5, 0.6) is 0 Å². The summed E-state index contributed by atoms with van der Waals surface area (Å²) in [5, 5.41) is 10.9. The van der Waals surface area contributed by atoms with Crippen LogP contribution in [0.3, 0.4) is 0 Å². The zero-order chi connectivity index (χ0) is 17.2. The number of aliphatic carboxylic acids is 1. The summed E-state index contributed by atoms with van der Waals surface area (Å²) < 4.78 is 5.68. The van der Waals surface area contributed by atoms with E-state index in [2.05, 4.69) is 0 Å². The van der Waals surface area contributed by atoms with E-state index in [1.807, 2.05) is 28.1 Å². The quantitative estimate of drug-likeness (QED) is 0.236. The molecule has 0 aliphatic rings. The van der Waals surface area contributed by atoms with Crippen LogP contribution < -0.4 is 10.00 Å². The van der Waals surface area contributed by atoms with E-state index in [9.17, 15) is 19.6 Å². The zero-order valence-corrected chi connectivity index (χ0v) is 14.7. The maximum absolute atomic E-state index is 12.4. The van der Waals surface area contributed by atoms with E-state index < -0.39 is 19.7 Å². The number of esters is 1. The number of carbonyl (C=O) groups is 2. The van der Waals surface area contributed by atoms with Gasteiger partial charge in [0.05, 0.1) is 34.9 Å². The van der Waals surface area contributed by atoms with Gasteiger partial charge >= 0.3 is 5.97 Å². The van der Waals surface area contributed by atoms with Gasteiger partial charge in [-0.15, -0.1) is 0 Å². The van der Waals surface area contributed by atoms with Gasteiger partial charge in [-0.2, -0.15) is 0 Å². The van der Waals surface area contributed by atoms with Crippen molar-refractivity contribution in [1.82, 2.24) is 0 Å². The topological polar surface area (TPSA) is 89.5 Å². The Bertz CT molecular complexity index is 438. The fraction of sp³-hybridized carbons (Fsp3) is 0.667. The second-order valence-corrected chi connectivity index (χ2v) is 7.88. The number of hydrogen-bond donors (Lipinski definition) is 0. The molecule has 0 aliphatic carbocycles. The predicted octanol–water partition coefficient (Wildman–Crippen LogP) is -0.338. The highest BCUT2D eigenvalue weighted by Crippen LogP contribution is 2.18. The first-order valence-electron chi connectivity index (χ1n) is 7.31. The molecule has 0 amide bonds. The van der Waals surface area contributed by atoms with Crippen molar-refractivity contribution in [3.8, 4) is 0 Å². The number of hydrogen-bond acceptors (Lipinski definition) is 5. The second kappa shape index (κ2) is 10.5. The molecule has 0 N–H and O–H groups in total. The molecule has 0 aromatic carbocycles. The molecule has 6 nitrogen and oxygen atoms in total. The number of carboxylic acids is 1. The molecule has 0 fully saturated rings. The van der Waals surface area contributed by atoms with Crippen molar-refractivity contribution >= 4 is 25.0 Å². The Morgan fingerprint density at radius 2 is 1.86 bits per heavy atom. The Morgan fingerprint density at radius 1 is 1.23 bits per heavy atom. The summed E-state index contributed by atoms with van der Waals surface area (Å²) >= 11 is 0. The van der Waals surface area contributed by atoms with Crippen LogP contribution in [0.4, 0.5) is 0 Å². The molecule has 0 bridgehead atoms. The molecule has 0 aliphatic heterocycles. The van der Waals surface area contributed by atoms with Crippen molar-refractivity contribution in [2.24, 2.45) is 0 Å². The number of quaternary nitrogens is 1. The number of unbranched alkanes of at least 4 members (excludes halogenated alkanes) is 1. The van der Waals surface area contributed by atoms with Crippen LogP contribution in [0, 0.1) is 0 Å². The Labute approximate surface area is 133 Å². The van der Waals surface area contributed by atoms with Crippen molar-refractivity contribution in [2.45, 2.75) is 26.2 Å². The van der Waals surface area contributed by atoms with Gasteiger partial charge in [0.1, 0.15) is 11.8 Å². The second-order valence-electron chi connectivity index (χ2n) is 6.05. The first-order valence-corrected chi connectivity index (χ1v) is 8.76. The third kappa shape index (κ3) is 11.4. The van der Waals surface area contributed by atoms with Gasteiger partial charge in [-0.25, -0.2) is 4.79 Å². The van der Waals surface area contributed by atoms with Crippen LogP contribution in [0.25, 0.3) is 0 Å². The Morgan fingerprint density at radius 3 is 2.36 bits per heavy atom. The SMILES string of the molecule is CCCCC(COC(=O)/C=C\C(=O)[O-])=[P+]([O-])CC[N+](C)(C)C. The normalized spacial score (nSPS) is 13.1. The number of rotatable bonds is 10. The smallest absolute Gasteiger partial charge is 0.331 e. The molecule has 0 heterocycles. The molecule has 1 unspecified atom stereocenters. The molecule has 126 valence electrons. The van der Waals surface area contributed by atoms with Crippen molar-refractivity contribution < 1.29 is 28.8 Å². The maximum Gasteiger partial charge on any atom is 0.331 e. The van der Waals surface area contributed by atoms with E-state index in [1.54, 1.807) is 0 Å². The summed E-state index contributed by atoms with van der Waals surface area (Å²) in [5.74, 6) is -2.23. The van der Waals surface area contributed by atoms with Crippen molar-refractivity contribution in [1.29, 1.82) is 0 Å². The van der Waals surface area contributed by atoms with Gasteiger partial charge in [-0.1, -0.05) is 13.3 Å². The lowest BCUT2D eigenvalue weighted by molar-refractivity contribution is -0.867. The third-order valence-electron chi connectivity index (χ3n) is 2.88. The van der Waals surface area contributed by atoms with Gasteiger partial charge in [-0.3, -0.25) is 0 Å². The highest BCUT2D eigenvalue weighted by molar-refractivity contribution is 7.51. The van der Waals surface area contributed by atoms with Gasteiger partial charge in [0.25, 0.3) is 0 Å². The van der Waals surface area contributed by atoms with E-state index >= 15 is 0 Å². The molecule has 1 atom stereocenters. The molecule has 0 aromatic rings. The largest absolute Gasteiger partial charge is 0.630 e.